The number of nitrogens with one attached hydrogen (secondary N) is 1. The third kappa shape index (κ3) is 4.06. The van der Waals surface area contributed by atoms with Crippen molar-refractivity contribution in [2.45, 2.75) is 17.9 Å². The predicted octanol–water partition coefficient (Wildman–Crippen LogP) is 2.84. The molecular weight excluding hydrogens is 320 g/mol. The normalized spacial score (nSPS) is 15.3. The van der Waals surface area contributed by atoms with Crippen LogP contribution in [0.15, 0.2) is 47.9 Å². The van der Waals surface area contributed by atoms with E-state index in [1.807, 2.05) is 24.6 Å². The molecule has 0 atom stereocenters. The largest absolute Gasteiger partial charge is 0.370 e. The Balaban J connectivity index is 1.49. The highest BCUT2D eigenvalue weighted by Gasteiger charge is 2.20. The Hall–Kier alpha value is -2.08. The molecule has 5 nitrogen and oxygen atoms in total. The van der Waals surface area contributed by atoms with Crippen LogP contribution in [0.2, 0.25) is 0 Å². The van der Waals surface area contributed by atoms with Crippen molar-refractivity contribution in [3.05, 3.63) is 48.4 Å². The molecule has 0 aliphatic carbocycles. The van der Waals surface area contributed by atoms with Gasteiger partial charge >= 0.3 is 0 Å². The molecule has 0 bridgehead atoms. The lowest BCUT2D eigenvalue weighted by atomic mass is 9.96. The van der Waals surface area contributed by atoms with Crippen LogP contribution in [0.3, 0.4) is 0 Å². The summed E-state index contributed by atoms with van der Waals surface area (Å²) in [5.74, 6) is 0.499. The van der Waals surface area contributed by atoms with Crippen LogP contribution in [0.5, 0.6) is 0 Å². The van der Waals surface area contributed by atoms with Crippen molar-refractivity contribution in [3.8, 4) is 0 Å². The number of carbonyl (C=O) groups excluding carboxylic acids is 1. The molecule has 3 rings (SSSR count). The molecule has 1 amide bonds. The molecule has 126 valence electrons. The second kappa shape index (κ2) is 8.15. The van der Waals surface area contributed by atoms with E-state index in [2.05, 4.69) is 26.3 Å². The Bertz CT molecular complexity index is 672. The number of thioether (sulfide) groups is 1. The molecule has 2 aromatic heterocycles. The van der Waals surface area contributed by atoms with E-state index in [4.69, 9.17) is 0 Å². The highest BCUT2D eigenvalue weighted by Crippen LogP contribution is 2.22. The fourth-order valence-corrected chi connectivity index (χ4v) is 3.54. The summed E-state index contributed by atoms with van der Waals surface area (Å²) in [4.78, 5) is 23.2. The molecule has 3 heterocycles. The molecule has 1 aliphatic heterocycles. The van der Waals surface area contributed by atoms with Crippen molar-refractivity contribution in [1.29, 1.82) is 0 Å². The Labute approximate surface area is 146 Å². The Kier molecular flexibility index (Phi) is 5.69. The Morgan fingerprint density at radius 2 is 2.08 bits per heavy atom. The van der Waals surface area contributed by atoms with Gasteiger partial charge in [0.15, 0.2) is 0 Å². The topological polar surface area (TPSA) is 58.1 Å². The second-order valence-electron chi connectivity index (χ2n) is 5.91. The van der Waals surface area contributed by atoms with E-state index in [1.54, 1.807) is 18.5 Å². The quantitative estimate of drug-likeness (QED) is 0.847. The number of carbonyl (C=O) groups is 1. The molecule has 1 aliphatic rings. The summed E-state index contributed by atoms with van der Waals surface area (Å²) in [7, 11) is 0. The number of piperidine rings is 1. The molecule has 0 aromatic carbocycles. The van der Waals surface area contributed by atoms with Gasteiger partial charge in [-0.05, 0) is 49.3 Å². The van der Waals surface area contributed by atoms with Crippen LogP contribution in [-0.4, -0.2) is 41.8 Å². The molecule has 1 N–H and O–H groups in total. The van der Waals surface area contributed by atoms with Gasteiger partial charge in [0.25, 0.3) is 5.91 Å². The van der Waals surface area contributed by atoms with E-state index in [0.717, 1.165) is 37.5 Å². The number of nitrogens with zero attached hydrogens (tertiary/aromatic N) is 3. The highest BCUT2D eigenvalue weighted by atomic mass is 32.2. The van der Waals surface area contributed by atoms with Crippen LogP contribution in [0.4, 0.5) is 5.69 Å². The monoisotopic (exact) mass is 342 g/mol. The number of pyridine rings is 2. The lowest BCUT2D eigenvalue weighted by Crippen LogP contribution is -2.38. The van der Waals surface area contributed by atoms with Gasteiger partial charge in [-0.3, -0.25) is 9.78 Å². The first-order chi connectivity index (χ1) is 11.8. The number of anilines is 1. The first-order valence-corrected chi connectivity index (χ1v) is 9.42. The molecule has 24 heavy (non-hydrogen) atoms. The maximum Gasteiger partial charge on any atom is 0.254 e. The van der Waals surface area contributed by atoms with E-state index in [9.17, 15) is 4.79 Å². The standard InChI is InChI=1S/C18H22N4OS/c1-24-18-16(5-3-9-20-18)17(23)21-12-14-6-10-22(11-7-14)15-4-2-8-19-13-15/h2-5,8-9,13-14H,6-7,10-12H2,1H3,(H,21,23). The van der Waals surface area contributed by atoms with E-state index in [0.29, 0.717) is 11.5 Å². The highest BCUT2D eigenvalue weighted by molar-refractivity contribution is 7.98. The second-order valence-corrected chi connectivity index (χ2v) is 6.71. The smallest absolute Gasteiger partial charge is 0.254 e. The summed E-state index contributed by atoms with van der Waals surface area (Å²) >= 11 is 1.50. The van der Waals surface area contributed by atoms with E-state index in [1.165, 1.54) is 17.4 Å². The lowest BCUT2D eigenvalue weighted by molar-refractivity contribution is 0.0941. The van der Waals surface area contributed by atoms with Gasteiger partial charge in [-0.1, -0.05) is 0 Å². The molecule has 1 saturated heterocycles. The third-order valence-electron chi connectivity index (χ3n) is 4.39. The van der Waals surface area contributed by atoms with Crippen molar-refractivity contribution < 1.29 is 4.79 Å². The summed E-state index contributed by atoms with van der Waals surface area (Å²) < 4.78 is 0. The molecule has 0 unspecified atom stereocenters. The fraction of sp³-hybridized carbons (Fsp3) is 0.389. The first-order valence-electron chi connectivity index (χ1n) is 8.20. The van der Waals surface area contributed by atoms with Gasteiger partial charge in [0.2, 0.25) is 0 Å². The number of aromatic nitrogens is 2. The minimum absolute atomic E-state index is 0.0258. The minimum Gasteiger partial charge on any atom is -0.370 e. The van der Waals surface area contributed by atoms with E-state index < -0.39 is 0 Å². The maximum atomic E-state index is 12.4. The predicted molar refractivity (Wildman–Crippen MR) is 97.5 cm³/mol. The lowest BCUT2D eigenvalue weighted by Gasteiger charge is -2.33. The summed E-state index contributed by atoms with van der Waals surface area (Å²) in [6.07, 6.45) is 9.53. The molecule has 0 spiro atoms. The van der Waals surface area contributed by atoms with Crippen LogP contribution >= 0.6 is 11.8 Å². The van der Waals surface area contributed by atoms with Gasteiger partial charge in [0, 0.05) is 32.0 Å². The average molecular weight is 342 g/mol. The molecule has 1 fully saturated rings. The summed E-state index contributed by atoms with van der Waals surface area (Å²) in [6, 6.07) is 7.71. The van der Waals surface area contributed by atoms with Crippen LogP contribution in [0, 0.1) is 5.92 Å². The van der Waals surface area contributed by atoms with E-state index in [-0.39, 0.29) is 5.91 Å². The van der Waals surface area contributed by atoms with Crippen LogP contribution < -0.4 is 10.2 Å². The maximum absolute atomic E-state index is 12.4. The molecule has 2 aromatic rings. The van der Waals surface area contributed by atoms with Crippen molar-refractivity contribution in [2.24, 2.45) is 5.92 Å². The zero-order valence-corrected chi connectivity index (χ0v) is 14.6. The Morgan fingerprint density at radius 1 is 1.29 bits per heavy atom. The zero-order valence-electron chi connectivity index (χ0n) is 13.8. The van der Waals surface area contributed by atoms with Crippen LogP contribution in [0.1, 0.15) is 23.2 Å². The zero-order chi connectivity index (χ0) is 16.8. The van der Waals surface area contributed by atoms with E-state index >= 15 is 0 Å². The third-order valence-corrected chi connectivity index (χ3v) is 5.10. The van der Waals surface area contributed by atoms with Crippen molar-refractivity contribution >= 4 is 23.4 Å². The number of rotatable bonds is 5. The number of hydrogen-bond acceptors (Lipinski definition) is 5. The minimum atomic E-state index is -0.0258. The van der Waals surface area contributed by atoms with Gasteiger partial charge in [0.1, 0.15) is 5.03 Å². The van der Waals surface area contributed by atoms with Crippen LogP contribution in [-0.2, 0) is 0 Å². The molecule has 6 heteroatoms. The SMILES string of the molecule is CSc1ncccc1C(=O)NCC1CCN(c2cccnc2)CC1. The van der Waals surface area contributed by atoms with Gasteiger partial charge in [-0.2, -0.15) is 0 Å². The van der Waals surface area contributed by atoms with Crippen molar-refractivity contribution in [1.82, 2.24) is 15.3 Å². The number of hydrogen-bond donors (Lipinski definition) is 1. The van der Waals surface area contributed by atoms with Crippen molar-refractivity contribution in [3.63, 3.8) is 0 Å². The van der Waals surface area contributed by atoms with Gasteiger partial charge in [0.05, 0.1) is 17.4 Å². The van der Waals surface area contributed by atoms with Gasteiger partial charge in [-0.25, -0.2) is 4.98 Å². The summed E-state index contributed by atoms with van der Waals surface area (Å²) in [6.45, 7) is 2.74. The summed E-state index contributed by atoms with van der Waals surface area (Å²) in [5, 5.41) is 3.85. The first kappa shape index (κ1) is 16.8. The average Bonchev–Trinajstić information content (AvgIpc) is 2.67. The van der Waals surface area contributed by atoms with Crippen LogP contribution in [0.25, 0.3) is 0 Å². The van der Waals surface area contributed by atoms with Gasteiger partial charge < -0.3 is 10.2 Å². The Morgan fingerprint density at radius 3 is 2.79 bits per heavy atom. The fourth-order valence-electron chi connectivity index (χ4n) is 2.99. The molecule has 0 saturated carbocycles. The summed E-state index contributed by atoms with van der Waals surface area (Å²) in [5.41, 5.74) is 1.85. The van der Waals surface area contributed by atoms with Gasteiger partial charge in [-0.15, -0.1) is 11.8 Å². The number of amides is 1. The molecule has 0 radical (unpaired) electrons. The molecular formula is C18H22N4OS. The van der Waals surface area contributed by atoms with Crippen molar-refractivity contribution in [2.75, 3.05) is 30.8 Å².